The van der Waals surface area contributed by atoms with Crippen molar-refractivity contribution in [2.24, 2.45) is 17.8 Å². The predicted molar refractivity (Wildman–Crippen MR) is 157 cm³/mol. The molecule has 3 heterocycles. The third-order valence-corrected chi connectivity index (χ3v) is 9.34. The van der Waals surface area contributed by atoms with Crippen LogP contribution in [0, 0.1) is 31.6 Å². The molecule has 0 aromatic heterocycles. The average molecular weight is 572 g/mol. The molecule has 2 amide bonds. The van der Waals surface area contributed by atoms with Gasteiger partial charge in [-0.25, -0.2) is 4.79 Å². The number of phenols is 1. The van der Waals surface area contributed by atoms with E-state index in [4.69, 9.17) is 9.47 Å². The van der Waals surface area contributed by atoms with E-state index in [0.29, 0.717) is 57.1 Å². The molecule has 0 bridgehead atoms. The lowest BCUT2D eigenvalue weighted by Crippen LogP contribution is -2.49. The molecule has 1 atom stereocenters. The first kappa shape index (κ1) is 31.1. The zero-order valence-corrected chi connectivity index (χ0v) is 25.4. The molecule has 0 saturated carbocycles. The summed E-state index contributed by atoms with van der Waals surface area (Å²) in [5, 5.41) is 10.2. The van der Waals surface area contributed by atoms with E-state index in [-0.39, 0.29) is 24.0 Å². The van der Waals surface area contributed by atoms with Gasteiger partial charge in [-0.05, 0) is 107 Å². The summed E-state index contributed by atoms with van der Waals surface area (Å²) in [7, 11) is 0. The van der Waals surface area contributed by atoms with Crippen LogP contribution in [0.5, 0.6) is 5.75 Å². The molecule has 1 aromatic carbocycles. The summed E-state index contributed by atoms with van der Waals surface area (Å²) < 4.78 is 11.0. The van der Waals surface area contributed by atoms with E-state index < -0.39 is 12.2 Å². The monoisotopic (exact) mass is 571 g/mol. The number of amides is 2. The molecule has 1 N–H and O–H groups in total. The van der Waals surface area contributed by atoms with Gasteiger partial charge in [0.15, 0.2) is 6.10 Å². The van der Waals surface area contributed by atoms with Gasteiger partial charge in [-0.1, -0.05) is 19.1 Å². The van der Waals surface area contributed by atoms with Crippen LogP contribution in [0.1, 0.15) is 69.1 Å². The number of rotatable bonds is 8. The van der Waals surface area contributed by atoms with Crippen LogP contribution in [0.3, 0.4) is 0 Å². The Labute approximate surface area is 245 Å². The Kier molecular flexibility index (Phi) is 10.9. The highest BCUT2D eigenvalue weighted by atomic mass is 16.6. The SMILES string of the molecule is CCOC(=O)CN1CCC(C2CCN(C(=O)[C@@H](Cc3cc(C)c(O)c(C)c3)OC(=O)N3CCC(C)CC3)CC2)CC1. The number of piperidine rings is 3. The Morgan fingerprint density at radius 1 is 0.878 bits per heavy atom. The van der Waals surface area contributed by atoms with Crippen LogP contribution in [0.4, 0.5) is 4.79 Å². The van der Waals surface area contributed by atoms with Crippen molar-refractivity contribution in [3.63, 3.8) is 0 Å². The van der Waals surface area contributed by atoms with Gasteiger partial charge < -0.3 is 24.4 Å². The number of esters is 1. The van der Waals surface area contributed by atoms with Crippen molar-refractivity contribution in [1.29, 1.82) is 0 Å². The number of nitrogens with zero attached hydrogens (tertiary/aromatic N) is 3. The average Bonchev–Trinajstić information content (AvgIpc) is 2.96. The Hall–Kier alpha value is -2.81. The molecular weight excluding hydrogens is 522 g/mol. The van der Waals surface area contributed by atoms with Crippen LogP contribution in [0.2, 0.25) is 0 Å². The fourth-order valence-electron chi connectivity index (χ4n) is 6.71. The lowest BCUT2D eigenvalue weighted by Gasteiger charge is -2.40. The van der Waals surface area contributed by atoms with Crippen molar-refractivity contribution in [3.05, 3.63) is 28.8 Å². The van der Waals surface area contributed by atoms with Crippen molar-refractivity contribution in [2.45, 2.75) is 78.7 Å². The number of phenolic OH excluding ortho intramolecular Hbond substituents is 1. The van der Waals surface area contributed by atoms with Crippen molar-refractivity contribution >= 4 is 18.0 Å². The van der Waals surface area contributed by atoms with E-state index in [2.05, 4.69) is 11.8 Å². The first-order chi connectivity index (χ1) is 19.6. The first-order valence-electron chi connectivity index (χ1n) is 15.6. The largest absolute Gasteiger partial charge is 0.507 e. The number of aryl methyl sites for hydroxylation is 2. The summed E-state index contributed by atoms with van der Waals surface area (Å²) in [6.07, 6.45) is 4.87. The topological polar surface area (TPSA) is 99.6 Å². The Morgan fingerprint density at radius 2 is 1.41 bits per heavy atom. The minimum atomic E-state index is -0.896. The quantitative estimate of drug-likeness (QED) is 0.465. The van der Waals surface area contributed by atoms with Gasteiger partial charge in [0.2, 0.25) is 0 Å². The normalized spacial score (nSPS) is 20.6. The fourth-order valence-corrected chi connectivity index (χ4v) is 6.71. The molecular formula is C32H49N3O6. The van der Waals surface area contributed by atoms with E-state index in [9.17, 15) is 19.5 Å². The minimum Gasteiger partial charge on any atom is -0.507 e. The van der Waals surface area contributed by atoms with Gasteiger partial charge in [0, 0.05) is 32.6 Å². The highest BCUT2D eigenvalue weighted by Gasteiger charge is 2.35. The van der Waals surface area contributed by atoms with Crippen molar-refractivity contribution in [1.82, 2.24) is 14.7 Å². The standard InChI is InChI=1S/C32H49N3O6/c1-5-40-29(36)21-33-12-8-26(9-13-33)27-10-16-34(17-11-27)31(38)28(20-25-18-23(3)30(37)24(4)19-25)41-32(39)35-14-6-22(2)7-15-35/h18-19,22,26-28,37H,5-17,20-21H2,1-4H3/t28-/m1/s1. The third-order valence-electron chi connectivity index (χ3n) is 9.34. The van der Waals surface area contributed by atoms with Crippen LogP contribution in [-0.2, 0) is 25.5 Å². The van der Waals surface area contributed by atoms with Crippen LogP contribution >= 0.6 is 0 Å². The maximum absolute atomic E-state index is 13.8. The lowest BCUT2D eigenvalue weighted by molar-refractivity contribution is -0.144. The number of ether oxygens (including phenoxy) is 2. The van der Waals surface area contributed by atoms with Gasteiger partial charge in [0.1, 0.15) is 5.75 Å². The van der Waals surface area contributed by atoms with E-state index in [1.807, 2.05) is 37.8 Å². The van der Waals surface area contributed by atoms with Crippen LogP contribution in [0.25, 0.3) is 0 Å². The summed E-state index contributed by atoms with van der Waals surface area (Å²) in [5.74, 6) is 1.72. The molecule has 0 spiro atoms. The number of carbonyl (C=O) groups is 3. The molecule has 0 radical (unpaired) electrons. The van der Waals surface area contributed by atoms with Crippen molar-refractivity contribution in [3.8, 4) is 5.75 Å². The number of hydrogen-bond donors (Lipinski definition) is 1. The van der Waals surface area contributed by atoms with Gasteiger partial charge >= 0.3 is 12.1 Å². The van der Waals surface area contributed by atoms with Gasteiger partial charge in [-0.15, -0.1) is 0 Å². The van der Waals surface area contributed by atoms with Crippen LogP contribution < -0.4 is 0 Å². The van der Waals surface area contributed by atoms with Gasteiger partial charge in [-0.3, -0.25) is 14.5 Å². The van der Waals surface area contributed by atoms with E-state index in [1.165, 1.54) is 0 Å². The molecule has 0 aliphatic carbocycles. The van der Waals surface area contributed by atoms with Gasteiger partial charge in [-0.2, -0.15) is 0 Å². The highest BCUT2D eigenvalue weighted by Crippen LogP contribution is 2.33. The first-order valence-corrected chi connectivity index (χ1v) is 15.6. The van der Waals surface area contributed by atoms with E-state index >= 15 is 0 Å². The van der Waals surface area contributed by atoms with Crippen LogP contribution in [-0.4, -0.2) is 96.3 Å². The molecule has 41 heavy (non-hydrogen) atoms. The zero-order valence-electron chi connectivity index (χ0n) is 25.4. The maximum atomic E-state index is 13.8. The second kappa shape index (κ2) is 14.4. The second-order valence-electron chi connectivity index (χ2n) is 12.4. The molecule has 228 valence electrons. The Bertz CT molecular complexity index is 1030. The van der Waals surface area contributed by atoms with Gasteiger partial charge in [0.05, 0.1) is 13.2 Å². The van der Waals surface area contributed by atoms with Crippen molar-refractivity contribution in [2.75, 3.05) is 52.4 Å². The molecule has 3 aliphatic heterocycles. The summed E-state index contributed by atoms with van der Waals surface area (Å²) in [4.78, 5) is 44.6. The van der Waals surface area contributed by atoms with Crippen molar-refractivity contribution < 1.29 is 29.0 Å². The number of likely N-dealkylation sites (tertiary alicyclic amines) is 3. The number of carbonyl (C=O) groups excluding carboxylic acids is 3. The fraction of sp³-hybridized carbons (Fsp3) is 0.719. The van der Waals surface area contributed by atoms with Crippen LogP contribution in [0.15, 0.2) is 12.1 Å². The third kappa shape index (κ3) is 8.37. The summed E-state index contributed by atoms with van der Waals surface area (Å²) >= 11 is 0. The van der Waals surface area contributed by atoms with E-state index in [0.717, 1.165) is 68.3 Å². The predicted octanol–water partition coefficient (Wildman–Crippen LogP) is 4.30. The zero-order chi connectivity index (χ0) is 29.5. The van der Waals surface area contributed by atoms with E-state index in [1.54, 1.807) is 4.90 Å². The molecule has 3 fully saturated rings. The second-order valence-corrected chi connectivity index (χ2v) is 12.4. The van der Waals surface area contributed by atoms with Gasteiger partial charge in [0.25, 0.3) is 5.91 Å². The Morgan fingerprint density at radius 3 is 1.98 bits per heavy atom. The minimum absolute atomic E-state index is 0.130. The lowest BCUT2D eigenvalue weighted by atomic mass is 9.78. The molecule has 1 aromatic rings. The molecule has 9 heteroatoms. The summed E-state index contributed by atoms with van der Waals surface area (Å²) in [5.41, 5.74) is 2.37. The molecule has 4 rings (SSSR count). The maximum Gasteiger partial charge on any atom is 0.410 e. The Balaban J connectivity index is 1.35. The molecule has 0 unspecified atom stereocenters. The number of benzene rings is 1. The summed E-state index contributed by atoms with van der Waals surface area (Å²) in [6, 6.07) is 3.75. The summed E-state index contributed by atoms with van der Waals surface area (Å²) in [6.45, 7) is 12.9. The smallest absolute Gasteiger partial charge is 0.410 e. The molecule has 3 saturated heterocycles. The number of hydrogen-bond acceptors (Lipinski definition) is 7. The molecule has 3 aliphatic rings. The highest BCUT2D eigenvalue weighted by molar-refractivity contribution is 5.84. The molecule has 9 nitrogen and oxygen atoms in total. The number of aromatic hydroxyl groups is 1.